The van der Waals surface area contributed by atoms with Crippen molar-refractivity contribution in [3.63, 3.8) is 0 Å². The number of imidazole rings is 1. The summed E-state index contributed by atoms with van der Waals surface area (Å²) in [7, 11) is 1.83. The van der Waals surface area contributed by atoms with Crippen molar-refractivity contribution >= 4 is 16.9 Å². The number of aliphatic hydroxyl groups is 2. The van der Waals surface area contributed by atoms with Crippen molar-refractivity contribution in [2.24, 2.45) is 7.05 Å². The van der Waals surface area contributed by atoms with Crippen LogP contribution in [0.3, 0.4) is 0 Å². The first-order valence-electron chi connectivity index (χ1n) is 7.81. The van der Waals surface area contributed by atoms with Gasteiger partial charge in [0.25, 0.3) is 5.91 Å². The number of para-hydroxylation sites is 2. The van der Waals surface area contributed by atoms with Gasteiger partial charge in [-0.1, -0.05) is 12.1 Å². The van der Waals surface area contributed by atoms with Gasteiger partial charge in [-0.05, 0) is 25.1 Å². The number of benzene rings is 1. The van der Waals surface area contributed by atoms with Gasteiger partial charge in [0.1, 0.15) is 0 Å². The summed E-state index contributed by atoms with van der Waals surface area (Å²) in [5.74, 6) is 0.202. The zero-order valence-electron chi connectivity index (χ0n) is 13.4. The second kappa shape index (κ2) is 8.61. The lowest BCUT2D eigenvalue weighted by Crippen LogP contribution is -2.34. The van der Waals surface area contributed by atoms with Crippen molar-refractivity contribution in [2.45, 2.75) is 6.42 Å². The van der Waals surface area contributed by atoms with Gasteiger partial charge in [0.05, 0.1) is 24.2 Å². The van der Waals surface area contributed by atoms with E-state index in [9.17, 15) is 4.79 Å². The van der Waals surface area contributed by atoms with Crippen LogP contribution in [0.4, 0.5) is 0 Å². The summed E-state index contributed by atoms with van der Waals surface area (Å²) in [5, 5.41) is 20.8. The molecule has 23 heavy (non-hydrogen) atoms. The van der Waals surface area contributed by atoms with Gasteiger partial charge >= 0.3 is 0 Å². The Bertz CT molecular complexity index is 635. The van der Waals surface area contributed by atoms with Gasteiger partial charge in [-0.15, -0.1) is 0 Å². The fourth-order valence-electron chi connectivity index (χ4n) is 2.55. The number of carbonyl (C=O) groups excluding carboxylic acids is 1. The van der Waals surface area contributed by atoms with Gasteiger partial charge < -0.3 is 20.1 Å². The van der Waals surface area contributed by atoms with Crippen molar-refractivity contribution in [1.29, 1.82) is 0 Å². The molecule has 0 unspecified atom stereocenters. The minimum Gasteiger partial charge on any atom is -0.395 e. The molecule has 0 spiro atoms. The van der Waals surface area contributed by atoms with Crippen molar-refractivity contribution in [3.05, 3.63) is 30.1 Å². The van der Waals surface area contributed by atoms with Crippen LogP contribution in [0.5, 0.6) is 0 Å². The highest BCUT2D eigenvalue weighted by atomic mass is 16.3. The lowest BCUT2D eigenvalue weighted by Gasteiger charge is -2.19. The Hall–Kier alpha value is -1.96. The third-order valence-electron chi connectivity index (χ3n) is 3.76. The largest absolute Gasteiger partial charge is 0.395 e. The van der Waals surface area contributed by atoms with Gasteiger partial charge in [0, 0.05) is 26.7 Å². The van der Waals surface area contributed by atoms with Gasteiger partial charge in [0.15, 0.2) is 5.82 Å². The first-order chi connectivity index (χ1) is 11.2. The molecule has 0 saturated heterocycles. The van der Waals surface area contributed by atoms with Gasteiger partial charge in [0.2, 0.25) is 0 Å². The van der Waals surface area contributed by atoms with E-state index in [4.69, 9.17) is 10.2 Å². The number of carbonyl (C=O) groups is 1. The molecule has 7 heteroatoms. The fraction of sp³-hybridized carbons (Fsp3) is 0.500. The van der Waals surface area contributed by atoms with Crippen LogP contribution in [0, 0.1) is 0 Å². The number of aryl methyl sites for hydroxylation is 1. The number of aliphatic hydroxyl groups excluding tert-OH is 2. The van der Waals surface area contributed by atoms with Crippen LogP contribution >= 0.6 is 0 Å². The molecule has 1 aromatic heterocycles. The van der Waals surface area contributed by atoms with Crippen molar-refractivity contribution in [3.8, 4) is 0 Å². The van der Waals surface area contributed by atoms with E-state index in [2.05, 4.69) is 10.3 Å². The quantitative estimate of drug-likeness (QED) is 0.565. The summed E-state index contributed by atoms with van der Waals surface area (Å²) < 4.78 is 1.79. The number of fused-ring (bicyclic) bond motifs is 1. The third kappa shape index (κ3) is 4.51. The molecule has 0 atom stereocenters. The van der Waals surface area contributed by atoms with Crippen LogP contribution in [-0.2, 0) is 7.05 Å². The van der Waals surface area contributed by atoms with E-state index in [1.54, 1.807) is 4.57 Å². The monoisotopic (exact) mass is 320 g/mol. The summed E-state index contributed by atoms with van der Waals surface area (Å²) in [5.41, 5.74) is 1.73. The van der Waals surface area contributed by atoms with E-state index < -0.39 is 0 Å². The number of amides is 1. The first kappa shape index (κ1) is 17.4. The SMILES string of the molecule is Cn1c(C(=O)NCCCN(CCO)CCO)nc2ccccc21. The standard InChI is InChI=1S/C16H24N4O3/c1-19-14-6-3-2-5-13(14)18-15(19)16(23)17-7-4-8-20(9-11-21)10-12-22/h2-3,5-6,21-22H,4,7-12H2,1H3,(H,17,23). The Morgan fingerprint density at radius 3 is 2.57 bits per heavy atom. The highest BCUT2D eigenvalue weighted by Gasteiger charge is 2.14. The van der Waals surface area contributed by atoms with Crippen LogP contribution < -0.4 is 5.32 Å². The molecule has 126 valence electrons. The molecule has 3 N–H and O–H groups in total. The summed E-state index contributed by atoms with van der Waals surface area (Å²) in [6.45, 7) is 2.41. The van der Waals surface area contributed by atoms with Gasteiger partial charge in [-0.2, -0.15) is 0 Å². The molecular formula is C16H24N4O3. The smallest absolute Gasteiger partial charge is 0.287 e. The minimum absolute atomic E-state index is 0.0617. The summed E-state index contributed by atoms with van der Waals surface area (Å²) in [6, 6.07) is 7.63. The molecule has 0 aliphatic heterocycles. The zero-order valence-corrected chi connectivity index (χ0v) is 13.4. The van der Waals surface area contributed by atoms with Crippen molar-refractivity contribution < 1.29 is 15.0 Å². The van der Waals surface area contributed by atoms with E-state index in [-0.39, 0.29) is 19.1 Å². The Morgan fingerprint density at radius 1 is 1.22 bits per heavy atom. The molecule has 0 aliphatic carbocycles. The predicted molar refractivity (Wildman–Crippen MR) is 88.3 cm³/mol. The molecule has 2 rings (SSSR count). The van der Waals surface area contributed by atoms with Crippen LogP contribution in [0.2, 0.25) is 0 Å². The van der Waals surface area contributed by atoms with Crippen LogP contribution in [-0.4, -0.2) is 70.0 Å². The molecule has 1 amide bonds. The number of rotatable bonds is 9. The molecule has 0 saturated carbocycles. The number of hydrogen-bond acceptors (Lipinski definition) is 5. The van der Waals surface area contributed by atoms with Crippen molar-refractivity contribution in [1.82, 2.24) is 19.8 Å². The maximum atomic E-state index is 12.2. The zero-order chi connectivity index (χ0) is 16.7. The van der Waals surface area contributed by atoms with E-state index in [1.807, 2.05) is 36.2 Å². The first-order valence-corrected chi connectivity index (χ1v) is 7.81. The second-order valence-corrected chi connectivity index (χ2v) is 5.38. The average molecular weight is 320 g/mol. The number of aromatic nitrogens is 2. The molecule has 1 heterocycles. The molecule has 0 fully saturated rings. The molecule has 2 aromatic rings. The maximum absolute atomic E-state index is 12.2. The van der Waals surface area contributed by atoms with E-state index in [0.29, 0.717) is 32.0 Å². The number of nitrogens with zero attached hydrogens (tertiary/aromatic N) is 3. The average Bonchev–Trinajstić information content (AvgIpc) is 2.89. The van der Waals surface area contributed by atoms with E-state index >= 15 is 0 Å². The number of nitrogens with one attached hydrogen (secondary N) is 1. The van der Waals surface area contributed by atoms with E-state index in [1.165, 1.54) is 0 Å². The van der Waals surface area contributed by atoms with Crippen LogP contribution in [0.1, 0.15) is 17.0 Å². The molecule has 0 aliphatic rings. The van der Waals surface area contributed by atoms with Gasteiger partial charge in [-0.3, -0.25) is 9.69 Å². The molecular weight excluding hydrogens is 296 g/mol. The normalized spacial score (nSPS) is 11.3. The predicted octanol–water partition coefficient (Wildman–Crippen LogP) is -0.0202. The highest BCUT2D eigenvalue weighted by Crippen LogP contribution is 2.13. The molecule has 1 aromatic carbocycles. The van der Waals surface area contributed by atoms with Gasteiger partial charge in [-0.25, -0.2) is 4.98 Å². The van der Waals surface area contributed by atoms with E-state index in [0.717, 1.165) is 17.5 Å². The lowest BCUT2D eigenvalue weighted by molar-refractivity contribution is 0.0936. The lowest BCUT2D eigenvalue weighted by atomic mass is 10.3. The minimum atomic E-state index is -0.195. The number of hydrogen-bond donors (Lipinski definition) is 3. The molecule has 7 nitrogen and oxygen atoms in total. The Morgan fingerprint density at radius 2 is 1.91 bits per heavy atom. The topological polar surface area (TPSA) is 90.6 Å². The maximum Gasteiger partial charge on any atom is 0.287 e. The summed E-state index contributed by atoms with van der Waals surface area (Å²) >= 11 is 0. The Labute approximate surface area is 135 Å². The molecule has 0 bridgehead atoms. The van der Waals surface area contributed by atoms with Crippen LogP contribution in [0.25, 0.3) is 11.0 Å². The van der Waals surface area contributed by atoms with Crippen LogP contribution in [0.15, 0.2) is 24.3 Å². The Balaban J connectivity index is 1.85. The second-order valence-electron chi connectivity index (χ2n) is 5.38. The Kier molecular flexibility index (Phi) is 6.52. The fourth-order valence-corrected chi connectivity index (χ4v) is 2.55. The summed E-state index contributed by atoms with van der Waals surface area (Å²) in [6.07, 6.45) is 0.746. The highest BCUT2D eigenvalue weighted by molar-refractivity contribution is 5.94. The summed E-state index contributed by atoms with van der Waals surface area (Å²) in [4.78, 5) is 18.6. The third-order valence-corrected chi connectivity index (χ3v) is 3.76. The van der Waals surface area contributed by atoms with Crippen molar-refractivity contribution in [2.75, 3.05) is 39.4 Å². The molecule has 0 radical (unpaired) electrons.